The lowest BCUT2D eigenvalue weighted by atomic mass is 10.2. The summed E-state index contributed by atoms with van der Waals surface area (Å²) in [4.78, 5) is 7.60. The number of aryl methyl sites for hydroxylation is 1. The van der Waals surface area contributed by atoms with Gasteiger partial charge in [-0.15, -0.1) is 0 Å². The summed E-state index contributed by atoms with van der Waals surface area (Å²) >= 11 is 5.68. The maximum Gasteiger partial charge on any atom is 0.223 e. The minimum atomic E-state index is -0.270. The van der Waals surface area contributed by atoms with Crippen molar-refractivity contribution in [2.45, 2.75) is 6.92 Å². The van der Waals surface area contributed by atoms with E-state index in [1.807, 2.05) is 0 Å². The fourth-order valence-electron chi connectivity index (χ4n) is 1.17. The van der Waals surface area contributed by atoms with Crippen LogP contribution in [0.2, 0.25) is 5.15 Å². The number of hydrogen-bond acceptors (Lipinski definition) is 3. The lowest BCUT2D eigenvalue weighted by molar-refractivity contribution is 0.459. The van der Waals surface area contributed by atoms with Crippen molar-refractivity contribution in [3.63, 3.8) is 0 Å². The molecule has 3 nitrogen and oxygen atoms in total. The van der Waals surface area contributed by atoms with Crippen LogP contribution in [0.25, 0.3) is 0 Å². The molecule has 0 spiro atoms. The average molecular weight is 239 g/mol. The first kappa shape index (κ1) is 10.8. The highest BCUT2D eigenvalue weighted by Crippen LogP contribution is 2.22. The third-order valence-corrected chi connectivity index (χ3v) is 2.17. The molecular formula is C11H8ClFN2O. The van der Waals surface area contributed by atoms with Crippen molar-refractivity contribution in [1.29, 1.82) is 0 Å². The van der Waals surface area contributed by atoms with Crippen molar-refractivity contribution >= 4 is 11.6 Å². The Morgan fingerprint density at radius 1 is 1.25 bits per heavy atom. The zero-order valence-electron chi connectivity index (χ0n) is 8.45. The van der Waals surface area contributed by atoms with Crippen molar-refractivity contribution in [2.75, 3.05) is 0 Å². The summed E-state index contributed by atoms with van der Waals surface area (Å²) in [7, 11) is 0. The van der Waals surface area contributed by atoms with Gasteiger partial charge < -0.3 is 4.74 Å². The van der Waals surface area contributed by atoms with Crippen molar-refractivity contribution in [2.24, 2.45) is 0 Å². The van der Waals surface area contributed by atoms with Gasteiger partial charge in [0.05, 0.1) is 0 Å². The molecule has 0 unspecified atom stereocenters. The highest BCUT2D eigenvalue weighted by Gasteiger charge is 2.03. The summed E-state index contributed by atoms with van der Waals surface area (Å²) in [5, 5.41) is 0.295. The van der Waals surface area contributed by atoms with E-state index in [1.54, 1.807) is 13.0 Å². The Kier molecular flexibility index (Phi) is 3.01. The molecule has 0 fully saturated rings. The molecule has 1 aromatic carbocycles. The second-order valence-electron chi connectivity index (χ2n) is 3.19. The predicted octanol–water partition coefficient (Wildman–Crippen LogP) is 3.37. The molecule has 0 radical (unpaired) electrons. The van der Waals surface area contributed by atoms with Crippen LogP contribution in [0.15, 0.2) is 30.6 Å². The molecule has 0 saturated carbocycles. The molecular weight excluding hydrogens is 231 g/mol. The summed E-state index contributed by atoms with van der Waals surface area (Å²) in [6.07, 6.45) is 1.30. The predicted molar refractivity (Wildman–Crippen MR) is 58.3 cm³/mol. The van der Waals surface area contributed by atoms with Gasteiger partial charge in [0.1, 0.15) is 23.0 Å². The Hall–Kier alpha value is -1.68. The zero-order chi connectivity index (χ0) is 11.5. The molecule has 16 heavy (non-hydrogen) atoms. The summed E-state index contributed by atoms with van der Waals surface area (Å²) < 4.78 is 18.4. The van der Waals surface area contributed by atoms with Crippen LogP contribution in [0.5, 0.6) is 11.6 Å². The SMILES string of the molecule is Cc1cc(Oc2cc(Cl)ncn2)ccc1F. The van der Waals surface area contributed by atoms with Gasteiger partial charge in [0.2, 0.25) is 5.88 Å². The van der Waals surface area contributed by atoms with Crippen LogP contribution >= 0.6 is 11.6 Å². The second-order valence-corrected chi connectivity index (χ2v) is 3.58. The number of benzene rings is 1. The molecule has 1 aromatic heterocycles. The summed E-state index contributed by atoms with van der Waals surface area (Å²) in [6, 6.07) is 5.94. The van der Waals surface area contributed by atoms with Crippen LogP contribution in [0, 0.1) is 12.7 Å². The van der Waals surface area contributed by atoms with E-state index in [9.17, 15) is 4.39 Å². The quantitative estimate of drug-likeness (QED) is 0.753. The maximum atomic E-state index is 13.0. The van der Waals surface area contributed by atoms with E-state index in [0.29, 0.717) is 22.3 Å². The van der Waals surface area contributed by atoms with Gasteiger partial charge in [-0.3, -0.25) is 0 Å². The van der Waals surface area contributed by atoms with Gasteiger partial charge in [-0.05, 0) is 30.7 Å². The minimum Gasteiger partial charge on any atom is -0.439 e. The fraction of sp³-hybridized carbons (Fsp3) is 0.0909. The minimum absolute atomic E-state index is 0.270. The summed E-state index contributed by atoms with van der Waals surface area (Å²) in [5.74, 6) is 0.563. The first-order valence-corrected chi connectivity index (χ1v) is 4.94. The average Bonchev–Trinajstić information content (AvgIpc) is 2.24. The number of aromatic nitrogens is 2. The van der Waals surface area contributed by atoms with E-state index in [4.69, 9.17) is 16.3 Å². The molecule has 82 valence electrons. The first-order chi connectivity index (χ1) is 7.65. The number of hydrogen-bond donors (Lipinski definition) is 0. The Morgan fingerprint density at radius 3 is 2.75 bits per heavy atom. The first-order valence-electron chi connectivity index (χ1n) is 4.57. The highest BCUT2D eigenvalue weighted by atomic mass is 35.5. The Morgan fingerprint density at radius 2 is 2.06 bits per heavy atom. The van der Waals surface area contributed by atoms with Crippen LogP contribution in [-0.2, 0) is 0 Å². The van der Waals surface area contributed by atoms with E-state index in [-0.39, 0.29) is 5.82 Å². The lowest BCUT2D eigenvalue weighted by Gasteiger charge is -2.05. The van der Waals surface area contributed by atoms with Gasteiger partial charge in [-0.1, -0.05) is 11.6 Å². The maximum absolute atomic E-state index is 13.0. The molecule has 0 N–H and O–H groups in total. The third-order valence-electron chi connectivity index (χ3n) is 1.96. The van der Waals surface area contributed by atoms with Gasteiger partial charge in [0.25, 0.3) is 0 Å². The second kappa shape index (κ2) is 4.45. The monoisotopic (exact) mass is 238 g/mol. The van der Waals surface area contributed by atoms with E-state index in [1.165, 1.54) is 24.5 Å². The number of nitrogens with zero attached hydrogens (tertiary/aromatic N) is 2. The Bertz CT molecular complexity index is 519. The number of ether oxygens (including phenoxy) is 1. The van der Waals surface area contributed by atoms with Crippen molar-refractivity contribution in [3.8, 4) is 11.6 Å². The van der Waals surface area contributed by atoms with Gasteiger partial charge in [0.15, 0.2) is 0 Å². The van der Waals surface area contributed by atoms with Gasteiger partial charge in [-0.25, -0.2) is 14.4 Å². The van der Waals surface area contributed by atoms with Crippen LogP contribution < -0.4 is 4.74 Å². The van der Waals surface area contributed by atoms with E-state index >= 15 is 0 Å². The molecule has 0 saturated heterocycles. The van der Waals surface area contributed by atoms with Crippen molar-refractivity contribution in [1.82, 2.24) is 9.97 Å². The van der Waals surface area contributed by atoms with E-state index in [2.05, 4.69) is 9.97 Å². The van der Waals surface area contributed by atoms with Crippen LogP contribution in [0.3, 0.4) is 0 Å². The third kappa shape index (κ3) is 2.46. The van der Waals surface area contributed by atoms with Gasteiger partial charge in [0, 0.05) is 6.07 Å². The highest BCUT2D eigenvalue weighted by molar-refractivity contribution is 6.29. The summed E-state index contributed by atoms with van der Waals surface area (Å²) in [6.45, 7) is 1.66. The zero-order valence-corrected chi connectivity index (χ0v) is 9.20. The molecule has 0 aliphatic heterocycles. The van der Waals surface area contributed by atoms with Gasteiger partial charge in [-0.2, -0.15) is 0 Å². The van der Waals surface area contributed by atoms with Crippen LogP contribution in [0.1, 0.15) is 5.56 Å². The van der Waals surface area contributed by atoms with Crippen molar-refractivity contribution in [3.05, 3.63) is 47.1 Å². The van der Waals surface area contributed by atoms with Gasteiger partial charge >= 0.3 is 0 Å². The topological polar surface area (TPSA) is 35.0 Å². The smallest absolute Gasteiger partial charge is 0.223 e. The molecule has 0 amide bonds. The number of rotatable bonds is 2. The Balaban J connectivity index is 2.24. The molecule has 0 aliphatic rings. The standard InChI is InChI=1S/C11H8ClFN2O/c1-7-4-8(2-3-9(7)13)16-11-5-10(12)14-6-15-11/h2-6H,1H3. The molecule has 2 rings (SSSR count). The normalized spacial score (nSPS) is 10.2. The fourth-order valence-corrected chi connectivity index (χ4v) is 1.31. The molecule has 2 aromatic rings. The number of halogens is 2. The largest absolute Gasteiger partial charge is 0.439 e. The molecule has 0 atom stereocenters. The lowest BCUT2D eigenvalue weighted by Crippen LogP contribution is -1.90. The molecule has 5 heteroatoms. The molecule has 1 heterocycles. The summed E-state index contributed by atoms with van der Waals surface area (Å²) in [5.41, 5.74) is 0.512. The molecule has 0 aliphatic carbocycles. The van der Waals surface area contributed by atoms with E-state index < -0.39 is 0 Å². The van der Waals surface area contributed by atoms with Crippen LogP contribution in [0.4, 0.5) is 4.39 Å². The Labute approximate surface area is 96.9 Å². The molecule has 0 bridgehead atoms. The van der Waals surface area contributed by atoms with E-state index in [0.717, 1.165) is 0 Å². The van der Waals surface area contributed by atoms with Crippen molar-refractivity contribution < 1.29 is 9.13 Å². The van der Waals surface area contributed by atoms with Crippen LogP contribution in [-0.4, -0.2) is 9.97 Å².